The predicted molar refractivity (Wildman–Crippen MR) is 75.3 cm³/mol. The summed E-state index contributed by atoms with van der Waals surface area (Å²) in [7, 11) is 1.60. The first-order valence-electron chi connectivity index (χ1n) is 5.33. The average Bonchev–Trinajstić information content (AvgIpc) is 2.87. The van der Waals surface area contributed by atoms with Crippen molar-refractivity contribution in [2.75, 3.05) is 11.9 Å². The normalized spacial score (nSPS) is 11.4. The zero-order valence-electron chi connectivity index (χ0n) is 10.2. The zero-order chi connectivity index (χ0) is 14.9. The molecule has 1 aromatic carbocycles. The molecule has 0 saturated carbocycles. The van der Waals surface area contributed by atoms with Crippen molar-refractivity contribution in [2.45, 2.75) is 6.18 Å². The second-order valence-corrected chi connectivity index (χ2v) is 5.04. The van der Waals surface area contributed by atoms with E-state index in [9.17, 15) is 13.2 Å². The van der Waals surface area contributed by atoms with Crippen LogP contribution in [0.1, 0.15) is 11.4 Å². The van der Waals surface area contributed by atoms with Gasteiger partial charge in [-0.2, -0.15) is 22.5 Å². The number of halogens is 3. The molecular weight excluding hydrogens is 309 g/mol. The highest BCUT2D eigenvalue weighted by Gasteiger charge is 2.36. The lowest BCUT2D eigenvalue weighted by Crippen LogP contribution is -2.13. The van der Waals surface area contributed by atoms with Crippen molar-refractivity contribution < 1.29 is 13.2 Å². The Morgan fingerprint density at radius 1 is 1.40 bits per heavy atom. The largest absolute Gasteiger partial charge is 0.452 e. The first-order chi connectivity index (χ1) is 9.29. The van der Waals surface area contributed by atoms with E-state index in [2.05, 4.69) is 9.36 Å². The minimum Gasteiger partial charge on any atom is -0.389 e. The molecule has 0 amide bonds. The first-order valence-corrected chi connectivity index (χ1v) is 6.51. The molecular formula is C11H9F3N4S2. The van der Waals surface area contributed by atoms with Crippen LogP contribution in [0.5, 0.6) is 0 Å². The third kappa shape index (κ3) is 3.05. The van der Waals surface area contributed by atoms with E-state index in [-0.39, 0.29) is 10.1 Å². The van der Waals surface area contributed by atoms with Crippen LogP contribution in [0.3, 0.4) is 0 Å². The summed E-state index contributed by atoms with van der Waals surface area (Å²) in [6.07, 6.45) is -4.55. The lowest BCUT2D eigenvalue weighted by molar-refractivity contribution is -0.144. The SMILES string of the molecule is CN(c1cccc(C(N)=S)c1)c1nc(C(F)(F)F)ns1. The molecule has 0 aliphatic rings. The topological polar surface area (TPSA) is 55.0 Å². The van der Waals surface area contributed by atoms with E-state index < -0.39 is 12.0 Å². The second kappa shape index (κ2) is 5.33. The maximum Gasteiger partial charge on any atom is 0.452 e. The number of anilines is 2. The number of alkyl halides is 3. The molecule has 0 fully saturated rings. The molecule has 0 atom stereocenters. The Bertz CT molecular complexity index is 639. The molecule has 4 nitrogen and oxygen atoms in total. The molecule has 2 rings (SSSR count). The van der Waals surface area contributed by atoms with Crippen molar-refractivity contribution >= 4 is 39.6 Å². The average molecular weight is 318 g/mol. The first kappa shape index (κ1) is 14.7. The van der Waals surface area contributed by atoms with Crippen LogP contribution in [0.4, 0.5) is 24.0 Å². The lowest BCUT2D eigenvalue weighted by Gasteiger charge is -2.16. The fraction of sp³-hybridized carbons (Fsp3) is 0.182. The van der Waals surface area contributed by atoms with Crippen LogP contribution >= 0.6 is 23.8 Å². The van der Waals surface area contributed by atoms with Crippen molar-refractivity contribution in [3.05, 3.63) is 35.7 Å². The van der Waals surface area contributed by atoms with Gasteiger partial charge in [0.1, 0.15) is 4.99 Å². The molecule has 1 heterocycles. The Kier molecular flexibility index (Phi) is 3.91. The van der Waals surface area contributed by atoms with Crippen molar-refractivity contribution in [2.24, 2.45) is 5.73 Å². The van der Waals surface area contributed by atoms with Gasteiger partial charge in [-0.15, -0.1) is 0 Å². The van der Waals surface area contributed by atoms with E-state index in [1.54, 1.807) is 31.3 Å². The third-order valence-electron chi connectivity index (χ3n) is 2.47. The van der Waals surface area contributed by atoms with Crippen molar-refractivity contribution in [1.82, 2.24) is 9.36 Å². The van der Waals surface area contributed by atoms with Gasteiger partial charge in [0, 0.05) is 29.8 Å². The van der Waals surface area contributed by atoms with Crippen LogP contribution < -0.4 is 10.6 Å². The minimum atomic E-state index is -4.55. The van der Waals surface area contributed by atoms with Crippen LogP contribution in [0.15, 0.2) is 24.3 Å². The van der Waals surface area contributed by atoms with Gasteiger partial charge < -0.3 is 10.6 Å². The number of thiocarbonyl (C=S) groups is 1. The van der Waals surface area contributed by atoms with E-state index in [0.29, 0.717) is 22.8 Å². The summed E-state index contributed by atoms with van der Waals surface area (Å²) in [5, 5.41) is 0.136. The molecule has 9 heteroatoms. The van der Waals surface area contributed by atoms with Crippen molar-refractivity contribution in [1.29, 1.82) is 0 Å². The van der Waals surface area contributed by atoms with E-state index in [1.807, 2.05) is 0 Å². The Morgan fingerprint density at radius 3 is 2.65 bits per heavy atom. The summed E-state index contributed by atoms with van der Waals surface area (Å²) in [6.45, 7) is 0. The van der Waals surface area contributed by atoms with Gasteiger partial charge in [0.25, 0.3) is 0 Å². The Labute approximate surface area is 122 Å². The molecule has 0 aliphatic heterocycles. The van der Waals surface area contributed by atoms with Gasteiger partial charge in [-0.1, -0.05) is 24.4 Å². The maximum absolute atomic E-state index is 12.5. The molecule has 0 unspecified atom stereocenters. The maximum atomic E-state index is 12.5. The predicted octanol–water partition coefficient (Wildman–Crippen LogP) is 2.96. The summed E-state index contributed by atoms with van der Waals surface area (Å²) in [5.41, 5.74) is 6.78. The quantitative estimate of drug-likeness (QED) is 0.882. The molecule has 0 aliphatic carbocycles. The number of hydrogen-bond donors (Lipinski definition) is 1. The number of hydrogen-bond acceptors (Lipinski definition) is 5. The zero-order valence-corrected chi connectivity index (χ0v) is 11.8. The minimum absolute atomic E-state index is 0.136. The highest BCUT2D eigenvalue weighted by molar-refractivity contribution is 7.80. The highest BCUT2D eigenvalue weighted by atomic mass is 32.1. The number of nitrogens with zero attached hydrogens (tertiary/aromatic N) is 3. The van der Waals surface area contributed by atoms with Gasteiger partial charge in [0.15, 0.2) is 0 Å². The Morgan fingerprint density at radius 2 is 2.10 bits per heavy atom. The fourth-order valence-electron chi connectivity index (χ4n) is 1.45. The van der Waals surface area contributed by atoms with Crippen LogP contribution in [0, 0.1) is 0 Å². The monoisotopic (exact) mass is 318 g/mol. The molecule has 0 spiro atoms. The smallest absolute Gasteiger partial charge is 0.389 e. The van der Waals surface area contributed by atoms with E-state index >= 15 is 0 Å². The lowest BCUT2D eigenvalue weighted by atomic mass is 10.2. The van der Waals surface area contributed by atoms with Gasteiger partial charge in [-0.25, -0.2) is 0 Å². The summed E-state index contributed by atoms with van der Waals surface area (Å²) in [6, 6.07) is 6.83. The van der Waals surface area contributed by atoms with Gasteiger partial charge in [-0.05, 0) is 12.1 Å². The van der Waals surface area contributed by atoms with E-state index in [1.165, 1.54) is 4.90 Å². The van der Waals surface area contributed by atoms with Gasteiger partial charge in [-0.3, -0.25) is 0 Å². The molecule has 20 heavy (non-hydrogen) atoms. The van der Waals surface area contributed by atoms with Crippen LogP contribution in [-0.2, 0) is 6.18 Å². The number of benzene rings is 1. The summed E-state index contributed by atoms with van der Waals surface area (Å²) >= 11 is 5.54. The van der Waals surface area contributed by atoms with Crippen LogP contribution in [0.2, 0.25) is 0 Å². The number of nitrogens with two attached hydrogens (primary N) is 1. The molecule has 0 bridgehead atoms. The molecule has 2 N–H and O–H groups in total. The molecule has 1 aromatic heterocycles. The highest BCUT2D eigenvalue weighted by Crippen LogP contribution is 2.32. The molecule has 106 valence electrons. The van der Waals surface area contributed by atoms with Gasteiger partial charge >= 0.3 is 6.18 Å². The summed E-state index contributed by atoms with van der Waals surface area (Å²) < 4.78 is 40.7. The standard InChI is InChI=1S/C11H9F3N4S2/c1-18(7-4-2-3-6(5-7)8(15)19)10-16-9(17-20-10)11(12,13)14/h2-5H,1H3,(H2,15,19). The van der Waals surface area contributed by atoms with E-state index in [4.69, 9.17) is 18.0 Å². The molecule has 0 saturated heterocycles. The van der Waals surface area contributed by atoms with Gasteiger partial charge in [0.2, 0.25) is 11.0 Å². The number of rotatable bonds is 3. The third-order valence-corrected chi connectivity index (χ3v) is 3.50. The second-order valence-electron chi connectivity index (χ2n) is 3.87. The fourth-order valence-corrected chi connectivity index (χ4v) is 2.24. The van der Waals surface area contributed by atoms with Crippen molar-refractivity contribution in [3.63, 3.8) is 0 Å². The molecule has 0 radical (unpaired) electrons. The number of aromatic nitrogens is 2. The summed E-state index contributed by atoms with van der Waals surface area (Å²) in [5.74, 6) is -1.14. The van der Waals surface area contributed by atoms with Gasteiger partial charge in [0.05, 0.1) is 0 Å². The Balaban J connectivity index is 2.31. The van der Waals surface area contributed by atoms with Crippen molar-refractivity contribution in [3.8, 4) is 0 Å². The van der Waals surface area contributed by atoms with Crippen LogP contribution in [0.25, 0.3) is 0 Å². The Hall–Kier alpha value is -1.74. The van der Waals surface area contributed by atoms with E-state index in [0.717, 1.165) is 0 Å². The van der Waals surface area contributed by atoms with Crippen LogP contribution in [-0.4, -0.2) is 21.4 Å². The molecule has 2 aromatic rings. The summed E-state index contributed by atoms with van der Waals surface area (Å²) in [4.78, 5) is 5.19.